The van der Waals surface area contributed by atoms with E-state index < -0.39 is 0 Å². The smallest absolute Gasteiger partial charge is 0.234 e. The molecule has 1 heterocycles. The Morgan fingerprint density at radius 2 is 1.34 bits per heavy atom. The Hall–Kier alpha value is -2.29. The Balaban J connectivity index is 2.20. The summed E-state index contributed by atoms with van der Waals surface area (Å²) in [6, 6.07) is 9.89. The van der Waals surface area contributed by atoms with E-state index >= 15 is 0 Å². The van der Waals surface area contributed by atoms with Crippen molar-refractivity contribution >= 4 is 11.9 Å². The maximum absolute atomic E-state index is 5.86. The molecule has 8 nitrogen and oxygen atoms in total. The molecule has 0 saturated carbocycles. The van der Waals surface area contributed by atoms with E-state index in [4.69, 9.17) is 19.2 Å². The van der Waals surface area contributed by atoms with Crippen LogP contribution in [0.15, 0.2) is 30.3 Å². The van der Waals surface area contributed by atoms with Crippen LogP contribution in [0.3, 0.4) is 0 Å². The zero-order chi connectivity index (χ0) is 22.9. The van der Waals surface area contributed by atoms with Crippen molar-refractivity contribution in [3.63, 3.8) is 0 Å². The van der Waals surface area contributed by atoms with Crippen LogP contribution in [-0.4, -0.2) is 55.0 Å². The second-order valence-electron chi connectivity index (χ2n) is 7.55. The predicted molar refractivity (Wildman–Crippen MR) is 129 cm³/mol. The summed E-state index contributed by atoms with van der Waals surface area (Å²) < 4.78 is 17.4. The minimum Gasteiger partial charge on any atom is -0.361 e. The molecule has 0 atom stereocenters. The van der Waals surface area contributed by atoms with Gasteiger partial charge in [-0.3, -0.25) is 4.90 Å². The molecule has 0 aliphatic heterocycles. The molecule has 0 saturated heterocycles. The van der Waals surface area contributed by atoms with Gasteiger partial charge in [0.15, 0.2) is 5.82 Å². The molecular weight excluding hydrogens is 406 g/mol. The number of aromatic nitrogens is 3. The Labute approximate surface area is 192 Å². The molecule has 1 N–H and O–H groups in total. The van der Waals surface area contributed by atoms with Gasteiger partial charge in [-0.2, -0.15) is 15.0 Å². The van der Waals surface area contributed by atoms with Crippen molar-refractivity contribution in [1.82, 2.24) is 15.0 Å². The van der Waals surface area contributed by atoms with Gasteiger partial charge in [-0.15, -0.1) is 0 Å². The lowest BCUT2D eigenvalue weighted by atomic mass is 10.2. The molecule has 0 fully saturated rings. The topological polar surface area (TPSA) is 81.6 Å². The largest absolute Gasteiger partial charge is 0.361 e. The normalized spacial score (nSPS) is 11.0. The quantitative estimate of drug-likeness (QED) is 0.251. The molecule has 0 bridgehead atoms. The third-order valence-electron chi connectivity index (χ3n) is 4.69. The van der Waals surface area contributed by atoms with E-state index in [-0.39, 0.29) is 0 Å². The number of hydrogen-bond donors (Lipinski definition) is 1. The van der Waals surface area contributed by atoms with Gasteiger partial charge in [0.25, 0.3) is 0 Å². The van der Waals surface area contributed by atoms with Gasteiger partial charge >= 0.3 is 0 Å². The third kappa shape index (κ3) is 9.89. The van der Waals surface area contributed by atoms with Gasteiger partial charge < -0.3 is 19.5 Å². The lowest BCUT2D eigenvalue weighted by Gasteiger charge is -2.23. The number of nitrogens with zero attached hydrogens (tertiary/aromatic N) is 4. The zero-order valence-corrected chi connectivity index (χ0v) is 19.9. The minimum atomic E-state index is 0.345. The summed E-state index contributed by atoms with van der Waals surface area (Å²) in [5, 5.41) is 3.17. The van der Waals surface area contributed by atoms with Crippen molar-refractivity contribution < 1.29 is 14.2 Å². The van der Waals surface area contributed by atoms with Crippen molar-refractivity contribution in [3.05, 3.63) is 30.3 Å². The van der Waals surface area contributed by atoms with Gasteiger partial charge in [-0.05, 0) is 19.3 Å². The monoisotopic (exact) mass is 445 g/mol. The molecule has 0 aliphatic carbocycles. The predicted octanol–water partition coefficient (Wildman–Crippen LogP) is 5.08. The number of benzene rings is 1. The Morgan fingerprint density at radius 3 is 1.94 bits per heavy atom. The summed E-state index contributed by atoms with van der Waals surface area (Å²) in [6.07, 6.45) is 6.32. The number of unbranched alkanes of at least 4 members (excludes halogenated alkanes) is 3. The van der Waals surface area contributed by atoms with E-state index in [1.54, 1.807) is 0 Å². The third-order valence-corrected chi connectivity index (χ3v) is 4.69. The van der Waals surface area contributed by atoms with Gasteiger partial charge in [-0.25, -0.2) is 0 Å². The van der Waals surface area contributed by atoms with Crippen molar-refractivity contribution in [3.8, 4) is 11.4 Å². The molecule has 32 heavy (non-hydrogen) atoms. The lowest BCUT2D eigenvalue weighted by Crippen LogP contribution is -2.31. The van der Waals surface area contributed by atoms with Crippen molar-refractivity contribution in [2.24, 2.45) is 0 Å². The molecule has 1 aromatic carbocycles. The van der Waals surface area contributed by atoms with E-state index in [1.165, 1.54) is 0 Å². The first-order valence-corrected chi connectivity index (χ1v) is 11.8. The van der Waals surface area contributed by atoms with Crippen molar-refractivity contribution in [2.75, 3.05) is 50.2 Å². The Kier molecular flexibility index (Phi) is 13.3. The number of rotatable bonds is 18. The van der Waals surface area contributed by atoms with Crippen molar-refractivity contribution in [2.45, 2.75) is 59.3 Å². The summed E-state index contributed by atoms with van der Waals surface area (Å²) in [5.74, 6) is 1.58. The Bertz CT molecular complexity index is 721. The van der Waals surface area contributed by atoms with Crippen LogP contribution in [0.25, 0.3) is 11.4 Å². The maximum Gasteiger partial charge on any atom is 0.234 e. The highest BCUT2D eigenvalue weighted by Gasteiger charge is 2.15. The first-order valence-electron chi connectivity index (χ1n) is 11.8. The molecule has 1 aromatic heterocycles. The fraction of sp³-hybridized carbons (Fsp3) is 0.625. The number of anilines is 2. The summed E-state index contributed by atoms with van der Waals surface area (Å²) in [5.41, 5.74) is 0.921. The summed E-state index contributed by atoms with van der Waals surface area (Å²) in [7, 11) is 0. The van der Waals surface area contributed by atoms with Gasteiger partial charge in [0.05, 0.1) is 0 Å². The maximum atomic E-state index is 5.86. The van der Waals surface area contributed by atoms with E-state index in [0.717, 1.165) is 44.1 Å². The van der Waals surface area contributed by atoms with E-state index in [1.807, 2.05) is 35.2 Å². The molecular formula is C24H39N5O3. The van der Waals surface area contributed by atoms with Crippen LogP contribution in [0.1, 0.15) is 59.3 Å². The lowest BCUT2D eigenvalue weighted by molar-refractivity contribution is 0.0812. The van der Waals surface area contributed by atoms with Crippen LogP contribution in [0, 0.1) is 0 Å². The van der Waals surface area contributed by atoms with E-state index in [0.29, 0.717) is 57.7 Å². The van der Waals surface area contributed by atoms with E-state index in [2.05, 4.69) is 36.1 Å². The molecule has 0 radical (unpaired) electrons. The average molecular weight is 446 g/mol. The molecule has 8 heteroatoms. The van der Waals surface area contributed by atoms with Crippen LogP contribution in [0.2, 0.25) is 0 Å². The molecule has 0 aliphatic rings. The highest BCUT2D eigenvalue weighted by molar-refractivity contribution is 5.58. The SMILES string of the molecule is CCCCOCNc1nc(-c2ccccc2)nc(N(COCCCC)COCCCC)n1. The Morgan fingerprint density at radius 1 is 0.750 bits per heavy atom. The van der Waals surface area contributed by atoms with Gasteiger partial charge in [0.1, 0.15) is 20.2 Å². The van der Waals surface area contributed by atoms with Gasteiger partial charge in [-0.1, -0.05) is 70.4 Å². The highest BCUT2D eigenvalue weighted by atomic mass is 16.5. The fourth-order valence-corrected chi connectivity index (χ4v) is 2.73. The molecule has 0 unspecified atom stereocenters. The molecule has 0 amide bonds. The standard InChI is InChI=1S/C24H39N5O3/c1-4-7-15-30-18-25-23-26-22(21-13-11-10-12-14-21)27-24(28-23)29(19-31-16-8-5-2)20-32-17-9-6-3/h10-14H,4-9,15-20H2,1-3H3,(H,25,26,27,28). The van der Waals surface area contributed by atoms with Crippen LogP contribution in [0.4, 0.5) is 11.9 Å². The van der Waals surface area contributed by atoms with Gasteiger partial charge in [0.2, 0.25) is 11.9 Å². The van der Waals surface area contributed by atoms with E-state index in [9.17, 15) is 0 Å². The second-order valence-corrected chi connectivity index (χ2v) is 7.55. The minimum absolute atomic E-state index is 0.345. The highest BCUT2D eigenvalue weighted by Crippen LogP contribution is 2.20. The van der Waals surface area contributed by atoms with Crippen LogP contribution in [0.5, 0.6) is 0 Å². The zero-order valence-electron chi connectivity index (χ0n) is 19.9. The first kappa shape index (κ1) is 26.0. The first-order chi connectivity index (χ1) is 15.8. The van der Waals surface area contributed by atoms with Crippen LogP contribution in [-0.2, 0) is 14.2 Å². The summed E-state index contributed by atoms with van der Waals surface area (Å²) in [4.78, 5) is 15.9. The molecule has 2 rings (SSSR count). The number of hydrogen-bond acceptors (Lipinski definition) is 8. The number of nitrogens with one attached hydrogen (secondary N) is 1. The van der Waals surface area contributed by atoms with Crippen LogP contribution < -0.4 is 10.2 Å². The second kappa shape index (κ2) is 16.4. The number of ether oxygens (including phenoxy) is 3. The molecule has 178 valence electrons. The van der Waals surface area contributed by atoms with Gasteiger partial charge in [0, 0.05) is 25.4 Å². The average Bonchev–Trinajstić information content (AvgIpc) is 2.83. The molecule has 2 aromatic rings. The summed E-state index contributed by atoms with van der Waals surface area (Å²) >= 11 is 0. The van der Waals surface area contributed by atoms with Crippen LogP contribution >= 0.6 is 0 Å². The summed E-state index contributed by atoms with van der Waals surface area (Å²) in [6.45, 7) is 9.58. The van der Waals surface area contributed by atoms with Crippen molar-refractivity contribution in [1.29, 1.82) is 0 Å². The molecule has 0 spiro atoms. The fourth-order valence-electron chi connectivity index (χ4n) is 2.73.